The second kappa shape index (κ2) is 6.21. The van der Waals surface area contributed by atoms with Crippen molar-refractivity contribution in [2.24, 2.45) is 0 Å². The van der Waals surface area contributed by atoms with Crippen LogP contribution in [0, 0.1) is 0 Å². The molecule has 0 saturated carbocycles. The van der Waals surface area contributed by atoms with Crippen LogP contribution in [-0.2, 0) is 4.74 Å². The number of hydrogen-bond acceptors (Lipinski definition) is 3. The van der Waals surface area contributed by atoms with Gasteiger partial charge in [-0.05, 0) is 32.4 Å². The number of amides is 2. The quantitative estimate of drug-likeness (QED) is 0.727. The monoisotopic (exact) mass is 241 g/mol. The summed E-state index contributed by atoms with van der Waals surface area (Å²) < 4.78 is 5.27. The normalized spacial score (nSPS) is 26.4. The molecule has 2 amide bonds. The second-order valence-electron chi connectivity index (χ2n) is 4.83. The average molecular weight is 241 g/mol. The summed E-state index contributed by atoms with van der Waals surface area (Å²) in [5, 5.41) is 3.38. The number of urea groups is 1. The Labute approximate surface area is 103 Å². The van der Waals surface area contributed by atoms with Gasteiger partial charge in [-0.1, -0.05) is 0 Å². The predicted octanol–water partition coefficient (Wildman–Crippen LogP) is 0.513. The molecule has 1 unspecified atom stereocenters. The molecule has 0 aliphatic carbocycles. The van der Waals surface area contributed by atoms with Gasteiger partial charge < -0.3 is 19.9 Å². The lowest BCUT2D eigenvalue weighted by atomic mass is 10.1. The highest BCUT2D eigenvalue weighted by atomic mass is 16.5. The molecular formula is C12H23N3O2. The zero-order valence-corrected chi connectivity index (χ0v) is 10.7. The van der Waals surface area contributed by atoms with Crippen molar-refractivity contribution in [1.82, 2.24) is 15.1 Å². The number of ether oxygens (including phenoxy) is 1. The van der Waals surface area contributed by atoms with Crippen molar-refractivity contribution in [3.05, 3.63) is 0 Å². The Balaban J connectivity index is 1.88. The Morgan fingerprint density at radius 1 is 1.29 bits per heavy atom. The van der Waals surface area contributed by atoms with Gasteiger partial charge in [-0.25, -0.2) is 4.79 Å². The van der Waals surface area contributed by atoms with Gasteiger partial charge in [0.15, 0.2) is 0 Å². The first kappa shape index (κ1) is 12.6. The van der Waals surface area contributed by atoms with Crippen molar-refractivity contribution in [3.63, 3.8) is 0 Å². The molecule has 2 rings (SSSR count). The molecule has 2 aliphatic heterocycles. The van der Waals surface area contributed by atoms with Crippen molar-refractivity contribution < 1.29 is 9.53 Å². The summed E-state index contributed by atoms with van der Waals surface area (Å²) in [7, 11) is 1.94. The standard InChI is InChI=1S/C12H23N3O2/c1-14(11-3-2-5-13-6-4-11)12(16)15-7-9-17-10-8-15/h11,13H,2-10H2,1H3. The summed E-state index contributed by atoms with van der Waals surface area (Å²) in [6.07, 6.45) is 3.33. The van der Waals surface area contributed by atoms with E-state index in [0.717, 1.165) is 45.4 Å². The molecule has 0 radical (unpaired) electrons. The molecular weight excluding hydrogens is 218 g/mol. The van der Waals surface area contributed by atoms with Gasteiger partial charge in [-0.2, -0.15) is 0 Å². The van der Waals surface area contributed by atoms with Crippen LogP contribution in [0.2, 0.25) is 0 Å². The molecule has 98 valence electrons. The first-order chi connectivity index (χ1) is 8.29. The Kier molecular flexibility index (Phi) is 4.62. The molecule has 1 atom stereocenters. The molecule has 0 bridgehead atoms. The minimum atomic E-state index is 0.167. The third-order valence-corrected chi connectivity index (χ3v) is 3.68. The van der Waals surface area contributed by atoms with Crippen molar-refractivity contribution in [3.8, 4) is 0 Å². The lowest BCUT2D eigenvalue weighted by Gasteiger charge is -2.34. The summed E-state index contributed by atoms with van der Waals surface area (Å²) in [4.78, 5) is 16.1. The third kappa shape index (κ3) is 3.33. The van der Waals surface area contributed by atoms with Crippen molar-refractivity contribution in [2.75, 3.05) is 46.4 Å². The molecule has 2 aliphatic rings. The molecule has 17 heavy (non-hydrogen) atoms. The lowest BCUT2D eigenvalue weighted by Crippen LogP contribution is -2.50. The highest BCUT2D eigenvalue weighted by Gasteiger charge is 2.26. The van der Waals surface area contributed by atoms with Gasteiger partial charge in [0.2, 0.25) is 0 Å². The second-order valence-corrected chi connectivity index (χ2v) is 4.83. The summed E-state index contributed by atoms with van der Waals surface area (Å²) in [6.45, 7) is 4.90. The van der Waals surface area contributed by atoms with Crippen LogP contribution in [-0.4, -0.2) is 68.3 Å². The molecule has 2 fully saturated rings. The molecule has 0 aromatic carbocycles. The van der Waals surface area contributed by atoms with Gasteiger partial charge in [0.1, 0.15) is 0 Å². The molecule has 0 aromatic rings. The minimum Gasteiger partial charge on any atom is -0.378 e. The van der Waals surface area contributed by atoms with Gasteiger partial charge in [-0.15, -0.1) is 0 Å². The van der Waals surface area contributed by atoms with Crippen LogP contribution >= 0.6 is 0 Å². The van der Waals surface area contributed by atoms with E-state index in [2.05, 4.69) is 5.32 Å². The van der Waals surface area contributed by atoms with Gasteiger partial charge in [0.05, 0.1) is 13.2 Å². The summed E-state index contributed by atoms with van der Waals surface area (Å²) in [6, 6.07) is 0.556. The van der Waals surface area contributed by atoms with Crippen LogP contribution in [0.3, 0.4) is 0 Å². The summed E-state index contributed by atoms with van der Waals surface area (Å²) in [5.41, 5.74) is 0. The topological polar surface area (TPSA) is 44.8 Å². The molecule has 0 aromatic heterocycles. The van der Waals surface area contributed by atoms with E-state index in [0.29, 0.717) is 19.3 Å². The Hall–Kier alpha value is -0.810. The van der Waals surface area contributed by atoms with E-state index in [1.807, 2.05) is 16.8 Å². The number of morpholine rings is 1. The first-order valence-electron chi connectivity index (χ1n) is 6.59. The number of carbonyl (C=O) groups excluding carboxylic acids is 1. The highest BCUT2D eigenvalue weighted by Crippen LogP contribution is 2.14. The molecule has 1 N–H and O–H groups in total. The fraction of sp³-hybridized carbons (Fsp3) is 0.917. The SMILES string of the molecule is CN(C(=O)N1CCOCC1)C1CCCNCC1. The predicted molar refractivity (Wildman–Crippen MR) is 66.1 cm³/mol. The lowest BCUT2D eigenvalue weighted by molar-refractivity contribution is 0.0415. The summed E-state index contributed by atoms with van der Waals surface area (Å²) in [5.74, 6) is 0. The van der Waals surface area contributed by atoms with E-state index in [9.17, 15) is 4.79 Å². The maximum Gasteiger partial charge on any atom is 0.320 e. The maximum absolute atomic E-state index is 12.3. The molecule has 0 spiro atoms. The number of rotatable bonds is 1. The molecule has 2 heterocycles. The van der Waals surface area contributed by atoms with Crippen LogP contribution in [0.25, 0.3) is 0 Å². The van der Waals surface area contributed by atoms with E-state index >= 15 is 0 Å². The van der Waals surface area contributed by atoms with Crippen molar-refractivity contribution >= 4 is 6.03 Å². The number of carbonyl (C=O) groups is 1. The largest absolute Gasteiger partial charge is 0.378 e. The van der Waals surface area contributed by atoms with Crippen molar-refractivity contribution in [1.29, 1.82) is 0 Å². The van der Waals surface area contributed by atoms with E-state index in [1.165, 1.54) is 0 Å². The fourth-order valence-electron chi connectivity index (χ4n) is 2.52. The van der Waals surface area contributed by atoms with Crippen LogP contribution in [0.15, 0.2) is 0 Å². The Morgan fingerprint density at radius 2 is 2.06 bits per heavy atom. The van der Waals surface area contributed by atoms with Gasteiger partial charge in [0, 0.05) is 26.2 Å². The van der Waals surface area contributed by atoms with Gasteiger partial charge in [0.25, 0.3) is 0 Å². The van der Waals surface area contributed by atoms with Gasteiger partial charge in [-0.3, -0.25) is 0 Å². The van der Waals surface area contributed by atoms with Crippen LogP contribution < -0.4 is 5.32 Å². The number of nitrogens with one attached hydrogen (secondary N) is 1. The van der Waals surface area contributed by atoms with Crippen LogP contribution in [0.5, 0.6) is 0 Å². The number of nitrogens with zero attached hydrogens (tertiary/aromatic N) is 2. The Bertz CT molecular complexity index is 246. The third-order valence-electron chi connectivity index (χ3n) is 3.68. The average Bonchev–Trinajstić information content (AvgIpc) is 2.67. The highest BCUT2D eigenvalue weighted by molar-refractivity contribution is 5.74. The Morgan fingerprint density at radius 3 is 2.82 bits per heavy atom. The van der Waals surface area contributed by atoms with Gasteiger partial charge >= 0.3 is 6.03 Å². The fourth-order valence-corrected chi connectivity index (χ4v) is 2.52. The van der Waals surface area contributed by atoms with E-state index < -0.39 is 0 Å². The first-order valence-corrected chi connectivity index (χ1v) is 6.59. The maximum atomic E-state index is 12.3. The van der Waals surface area contributed by atoms with Crippen LogP contribution in [0.4, 0.5) is 4.79 Å². The van der Waals surface area contributed by atoms with E-state index in [1.54, 1.807) is 0 Å². The summed E-state index contributed by atoms with van der Waals surface area (Å²) >= 11 is 0. The molecule has 2 saturated heterocycles. The molecule has 5 nitrogen and oxygen atoms in total. The molecule has 5 heteroatoms. The minimum absolute atomic E-state index is 0.167. The van der Waals surface area contributed by atoms with E-state index in [4.69, 9.17) is 4.74 Å². The smallest absolute Gasteiger partial charge is 0.320 e. The zero-order chi connectivity index (χ0) is 12.1. The number of hydrogen-bond donors (Lipinski definition) is 1. The zero-order valence-electron chi connectivity index (χ0n) is 10.7. The van der Waals surface area contributed by atoms with Crippen molar-refractivity contribution in [2.45, 2.75) is 25.3 Å². The van der Waals surface area contributed by atoms with E-state index in [-0.39, 0.29) is 6.03 Å². The van der Waals surface area contributed by atoms with Crippen LogP contribution in [0.1, 0.15) is 19.3 Å².